The number of hydrogen-bond donors (Lipinski definition) is 1. The van der Waals surface area contributed by atoms with Gasteiger partial charge in [-0.15, -0.1) is 0 Å². The van der Waals surface area contributed by atoms with Gasteiger partial charge in [-0.25, -0.2) is 9.98 Å². The molecule has 10 aromatic rings. The number of nitrogens with one attached hydrogen (secondary N) is 1. The van der Waals surface area contributed by atoms with Crippen LogP contribution in [0.2, 0.25) is 0 Å². The molecule has 2 heterocycles. The minimum absolute atomic E-state index is 0.422. The maximum absolute atomic E-state index is 7.05. The van der Waals surface area contributed by atoms with Crippen molar-refractivity contribution >= 4 is 72.2 Å². The van der Waals surface area contributed by atoms with E-state index in [1.807, 2.05) is 36.4 Å². The van der Waals surface area contributed by atoms with Crippen LogP contribution >= 0.6 is 0 Å². The molecule has 1 atom stereocenters. The van der Waals surface area contributed by atoms with Crippen LogP contribution in [0.3, 0.4) is 0 Å². The van der Waals surface area contributed by atoms with E-state index in [1.165, 1.54) is 10.8 Å². The summed E-state index contributed by atoms with van der Waals surface area (Å²) in [6.07, 6.45) is -0.422. The van der Waals surface area contributed by atoms with E-state index in [0.717, 1.165) is 83.4 Å². The van der Waals surface area contributed by atoms with Gasteiger partial charge in [-0.05, 0) is 52.7 Å². The molecule has 0 fully saturated rings. The molecule has 0 radical (unpaired) electrons. The number of rotatable bonds is 7. The molecule has 274 valence electrons. The smallest absolute Gasteiger partial charge is 0.159 e. The molecule has 0 saturated heterocycles. The third kappa shape index (κ3) is 5.80. The minimum atomic E-state index is -0.422. The first-order valence-corrected chi connectivity index (χ1v) is 19.6. The fourth-order valence-electron chi connectivity index (χ4n) is 8.36. The average Bonchev–Trinajstić information content (AvgIpc) is 3.71. The zero-order valence-electron chi connectivity index (χ0n) is 31.5. The zero-order valence-corrected chi connectivity index (χ0v) is 31.5. The summed E-state index contributed by atoms with van der Waals surface area (Å²) in [5, 5.41) is 10.4. The Bertz CT molecular complexity index is 3180. The SMILES string of the molecule is c1ccc(C2=NC(c3ccc(-c4ccc(N(c5ccccc5)c5cccc6ccccc56)cc4)c4oc5c6ccccc6ccc5c34)NC(c3ccccc3)=N2)cc1. The summed E-state index contributed by atoms with van der Waals surface area (Å²) in [5.74, 6) is 1.46. The summed E-state index contributed by atoms with van der Waals surface area (Å²) in [6.45, 7) is 0. The second-order valence-corrected chi connectivity index (χ2v) is 14.6. The summed E-state index contributed by atoms with van der Waals surface area (Å²) in [6, 6.07) is 72.1. The minimum Gasteiger partial charge on any atom is -0.455 e. The highest BCUT2D eigenvalue weighted by Crippen LogP contribution is 2.44. The van der Waals surface area contributed by atoms with Crippen molar-refractivity contribution in [1.82, 2.24) is 5.32 Å². The van der Waals surface area contributed by atoms with Gasteiger partial charge in [0, 0.05) is 55.2 Å². The van der Waals surface area contributed by atoms with Gasteiger partial charge >= 0.3 is 0 Å². The summed E-state index contributed by atoms with van der Waals surface area (Å²) in [5.41, 5.74) is 10.0. The molecular weight excluding hydrogens is 709 g/mol. The zero-order chi connectivity index (χ0) is 38.4. The number of furan rings is 1. The molecule has 0 spiro atoms. The number of amidine groups is 2. The van der Waals surface area contributed by atoms with E-state index >= 15 is 0 Å². The van der Waals surface area contributed by atoms with Gasteiger partial charge in [0.05, 0.1) is 5.69 Å². The summed E-state index contributed by atoms with van der Waals surface area (Å²) in [4.78, 5) is 12.7. The van der Waals surface area contributed by atoms with E-state index in [4.69, 9.17) is 14.4 Å². The molecule has 5 nitrogen and oxygen atoms in total. The van der Waals surface area contributed by atoms with E-state index in [2.05, 4.69) is 180 Å². The van der Waals surface area contributed by atoms with Crippen LogP contribution in [-0.4, -0.2) is 11.7 Å². The lowest BCUT2D eigenvalue weighted by Gasteiger charge is -2.27. The van der Waals surface area contributed by atoms with Crippen molar-refractivity contribution < 1.29 is 4.42 Å². The van der Waals surface area contributed by atoms with E-state index in [1.54, 1.807) is 0 Å². The fourth-order valence-corrected chi connectivity index (χ4v) is 8.36. The van der Waals surface area contributed by atoms with Crippen LogP contribution in [0.15, 0.2) is 221 Å². The van der Waals surface area contributed by atoms with Gasteiger partial charge in [0.25, 0.3) is 0 Å². The molecule has 5 heteroatoms. The number of anilines is 3. The Hall–Kier alpha value is -7.76. The molecule has 1 aliphatic rings. The maximum Gasteiger partial charge on any atom is 0.159 e. The van der Waals surface area contributed by atoms with Crippen LogP contribution in [-0.2, 0) is 0 Å². The molecule has 0 amide bonds. The van der Waals surface area contributed by atoms with Crippen LogP contribution < -0.4 is 10.2 Å². The Kier molecular flexibility index (Phi) is 8.14. The Morgan fingerprint density at radius 3 is 1.83 bits per heavy atom. The van der Waals surface area contributed by atoms with Gasteiger partial charge in [0.15, 0.2) is 5.84 Å². The number of fused-ring (bicyclic) bond motifs is 6. The molecule has 0 bridgehead atoms. The highest BCUT2D eigenvalue weighted by molar-refractivity contribution is 6.19. The van der Waals surface area contributed by atoms with Gasteiger partial charge in [-0.2, -0.15) is 0 Å². The second-order valence-electron chi connectivity index (χ2n) is 14.6. The van der Waals surface area contributed by atoms with Crippen LogP contribution in [0.25, 0.3) is 54.6 Å². The van der Waals surface area contributed by atoms with Gasteiger partial charge in [0.1, 0.15) is 23.2 Å². The van der Waals surface area contributed by atoms with Crippen molar-refractivity contribution in [2.75, 3.05) is 4.90 Å². The van der Waals surface area contributed by atoms with E-state index in [-0.39, 0.29) is 0 Å². The quantitative estimate of drug-likeness (QED) is 0.177. The Labute approximate surface area is 335 Å². The Morgan fingerprint density at radius 2 is 1.07 bits per heavy atom. The van der Waals surface area contributed by atoms with Crippen LogP contribution in [0.1, 0.15) is 22.9 Å². The average molecular weight is 745 g/mol. The highest BCUT2D eigenvalue weighted by atomic mass is 16.3. The van der Waals surface area contributed by atoms with E-state index in [9.17, 15) is 0 Å². The number of benzene rings is 9. The first kappa shape index (κ1) is 33.6. The molecule has 1 aromatic heterocycles. The molecule has 1 unspecified atom stereocenters. The first-order chi connectivity index (χ1) is 28.8. The van der Waals surface area contributed by atoms with Crippen LogP contribution in [0, 0.1) is 0 Å². The third-order valence-corrected chi connectivity index (χ3v) is 11.1. The predicted octanol–water partition coefficient (Wildman–Crippen LogP) is 13.5. The van der Waals surface area contributed by atoms with Gasteiger partial charge < -0.3 is 14.6 Å². The number of para-hydroxylation sites is 1. The number of aliphatic imine (C=N–C) groups is 2. The lowest BCUT2D eigenvalue weighted by Crippen LogP contribution is -2.33. The van der Waals surface area contributed by atoms with Crippen molar-refractivity contribution in [3.63, 3.8) is 0 Å². The summed E-state index contributed by atoms with van der Waals surface area (Å²) in [7, 11) is 0. The molecule has 11 rings (SSSR count). The lowest BCUT2D eigenvalue weighted by atomic mass is 9.95. The van der Waals surface area contributed by atoms with Crippen molar-refractivity contribution in [3.05, 3.63) is 223 Å². The molecule has 9 aromatic carbocycles. The van der Waals surface area contributed by atoms with Crippen LogP contribution in [0.5, 0.6) is 0 Å². The Morgan fingerprint density at radius 1 is 0.448 bits per heavy atom. The maximum atomic E-state index is 7.05. The fraction of sp³-hybridized carbons (Fsp3) is 0.0189. The van der Waals surface area contributed by atoms with Gasteiger partial charge in [-0.1, -0.05) is 170 Å². The highest BCUT2D eigenvalue weighted by Gasteiger charge is 2.27. The van der Waals surface area contributed by atoms with Crippen molar-refractivity contribution in [2.45, 2.75) is 6.17 Å². The topological polar surface area (TPSA) is 53.1 Å². The number of nitrogens with zero attached hydrogens (tertiary/aromatic N) is 3. The lowest BCUT2D eigenvalue weighted by molar-refractivity contribution is 0.665. The summed E-state index contributed by atoms with van der Waals surface area (Å²) < 4.78 is 7.05. The first-order valence-electron chi connectivity index (χ1n) is 19.6. The molecule has 58 heavy (non-hydrogen) atoms. The Balaban J connectivity index is 1.08. The third-order valence-electron chi connectivity index (χ3n) is 11.1. The number of hydrogen-bond acceptors (Lipinski definition) is 5. The molecule has 0 aliphatic carbocycles. The van der Waals surface area contributed by atoms with E-state index < -0.39 is 6.17 Å². The summed E-state index contributed by atoms with van der Waals surface area (Å²) >= 11 is 0. The van der Waals surface area contributed by atoms with Crippen molar-refractivity contribution in [3.8, 4) is 11.1 Å². The predicted molar refractivity (Wildman–Crippen MR) is 241 cm³/mol. The molecule has 1 aliphatic heterocycles. The van der Waals surface area contributed by atoms with E-state index in [0.29, 0.717) is 5.84 Å². The normalized spacial score (nSPS) is 14.0. The molecule has 0 saturated carbocycles. The van der Waals surface area contributed by atoms with Gasteiger partial charge in [-0.3, -0.25) is 0 Å². The monoisotopic (exact) mass is 744 g/mol. The van der Waals surface area contributed by atoms with Crippen molar-refractivity contribution in [2.24, 2.45) is 9.98 Å². The largest absolute Gasteiger partial charge is 0.455 e. The molecule has 1 N–H and O–H groups in total. The van der Waals surface area contributed by atoms with Crippen LogP contribution in [0.4, 0.5) is 17.1 Å². The second kappa shape index (κ2) is 14.1. The molecular formula is C53H36N4O. The standard InChI is InChI=1S/C53H36N4O/c1-4-17-38(18-5-1)51-54-52(39-19-6-2-7-20-39)56-53(55-51)46-34-33-44(50-48(46)45-32-29-36-16-11-13-25-43(36)49(45)58-50)37-27-30-41(31-28-37)57(40-22-8-3-9-23-40)47-26-14-21-35-15-10-12-24-42(35)47/h1-34,53H,(H,54,55,56). The van der Waals surface area contributed by atoms with Gasteiger partial charge in [0.2, 0.25) is 0 Å². The van der Waals surface area contributed by atoms with Crippen molar-refractivity contribution in [1.29, 1.82) is 0 Å².